The third-order valence-electron chi connectivity index (χ3n) is 3.69. The van der Waals surface area contributed by atoms with Crippen LogP contribution in [0.3, 0.4) is 0 Å². The summed E-state index contributed by atoms with van der Waals surface area (Å²) >= 11 is 1.61. The maximum atomic E-state index is 13.1. The predicted octanol–water partition coefficient (Wildman–Crippen LogP) is 4.43. The van der Waals surface area contributed by atoms with Crippen molar-refractivity contribution in [2.24, 2.45) is 5.92 Å². The Morgan fingerprint density at radius 2 is 2.06 bits per heavy atom. The van der Waals surface area contributed by atoms with Crippen LogP contribution in [0.2, 0.25) is 0 Å². The molecule has 0 aliphatic heterocycles. The maximum Gasteiger partial charge on any atom is 0.184 e. The topological polar surface area (TPSA) is 24.9 Å². The quantitative estimate of drug-likeness (QED) is 0.868. The maximum absolute atomic E-state index is 13.1. The highest BCUT2D eigenvalue weighted by atomic mass is 32.1. The van der Waals surface area contributed by atoms with E-state index in [0.717, 1.165) is 21.3 Å². The van der Waals surface area contributed by atoms with Gasteiger partial charge in [-0.1, -0.05) is 18.3 Å². The molecule has 2 aromatic rings. The molecule has 1 aliphatic carbocycles. The van der Waals surface area contributed by atoms with Gasteiger partial charge in [0.1, 0.15) is 5.82 Å². The highest BCUT2D eigenvalue weighted by molar-refractivity contribution is 7.22. The fraction of sp³-hybridized carbons (Fsp3) is 0.500. The number of aromatic nitrogens is 1. The molecule has 0 saturated heterocycles. The standard InChI is InChI=1S/C14H17FN2S/c1-9-2-5-11(6-3-9)16-14-17-12-8-10(15)4-7-13(12)18-14/h4,7-9,11H,2-3,5-6H2,1H3,(H,16,17). The van der Waals surface area contributed by atoms with Gasteiger partial charge in [-0.15, -0.1) is 0 Å². The SMILES string of the molecule is CC1CCC(Nc2nc3cc(F)ccc3s2)CC1. The van der Waals surface area contributed by atoms with Crippen LogP contribution >= 0.6 is 11.3 Å². The Morgan fingerprint density at radius 1 is 1.28 bits per heavy atom. The van der Waals surface area contributed by atoms with E-state index in [1.165, 1.54) is 37.8 Å². The van der Waals surface area contributed by atoms with E-state index in [9.17, 15) is 4.39 Å². The summed E-state index contributed by atoms with van der Waals surface area (Å²) in [6, 6.07) is 5.33. The van der Waals surface area contributed by atoms with Gasteiger partial charge in [-0.2, -0.15) is 0 Å². The van der Waals surface area contributed by atoms with E-state index in [2.05, 4.69) is 17.2 Å². The Morgan fingerprint density at radius 3 is 2.83 bits per heavy atom. The fourth-order valence-electron chi connectivity index (χ4n) is 2.54. The molecule has 3 rings (SSSR count). The number of hydrogen-bond donors (Lipinski definition) is 1. The van der Waals surface area contributed by atoms with Gasteiger partial charge >= 0.3 is 0 Å². The van der Waals surface area contributed by atoms with Gasteiger partial charge in [-0.25, -0.2) is 9.37 Å². The fourth-order valence-corrected chi connectivity index (χ4v) is 3.46. The minimum Gasteiger partial charge on any atom is -0.359 e. The van der Waals surface area contributed by atoms with Crippen LogP contribution < -0.4 is 5.32 Å². The molecule has 1 aromatic carbocycles. The molecule has 1 aromatic heterocycles. The molecular weight excluding hydrogens is 247 g/mol. The van der Waals surface area contributed by atoms with Crippen molar-refractivity contribution in [1.29, 1.82) is 0 Å². The average molecular weight is 264 g/mol. The molecule has 0 atom stereocenters. The third-order valence-corrected chi connectivity index (χ3v) is 4.66. The average Bonchev–Trinajstić information content (AvgIpc) is 2.73. The summed E-state index contributed by atoms with van der Waals surface area (Å²) in [7, 11) is 0. The molecule has 1 N–H and O–H groups in total. The molecule has 0 bridgehead atoms. The van der Waals surface area contributed by atoms with Crippen LogP contribution in [-0.2, 0) is 0 Å². The van der Waals surface area contributed by atoms with E-state index < -0.39 is 0 Å². The van der Waals surface area contributed by atoms with Gasteiger partial charge in [0.05, 0.1) is 10.2 Å². The summed E-state index contributed by atoms with van der Waals surface area (Å²) < 4.78 is 14.1. The first-order chi connectivity index (χ1) is 8.70. The van der Waals surface area contributed by atoms with Crippen molar-refractivity contribution < 1.29 is 4.39 Å². The highest BCUT2D eigenvalue weighted by Crippen LogP contribution is 2.30. The number of nitrogens with one attached hydrogen (secondary N) is 1. The van der Waals surface area contributed by atoms with E-state index in [-0.39, 0.29) is 5.82 Å². The lowest BCUT2D eigenvalue weighted by Gasteiger charge is -2.26. The summed E-state index contributed by atoms with van der Waals surface area (Å²) in [5.41, 5.74) is 0.756. The van der Waals surface area contributed by atoms with E-state index >= 15 is 0 Å². The van der Waals surface area contributed by atoms with Gasteiger partial charge in [0, 0.05) is 12.1 Å². The molecule has 0 unspecified atom stereocenters. The zero-order valence-electron chi connectivity index (χ0n) is 10.4. The van der Waals surface area contributed by atoms with Gasteiger partial charge < -0.3 is 5.32 Å². The first-order valence-electron chi connectivity index (χ1n) is 6.53. The Hall–Kier alpha value is -1.16. The number of fused-ring (bicyclic) bond motifs is 1. The summed E-state index contributed by atoms with van der Waals surface area (Å²) in [5.74, 6) is 0.637. The summed E-state index contributed by atoms with van der Waals surface area (Å²) in [4.78, 5) is 4.45. The number of halogens is 1. The normalized spacial score (nSPS) is 24.3. The van der Waals surface area contributed by atoms with Crippen LogP contribution in [0.25, 0.3) is 10.2 Å². The van der Waals surface area contributed by atoms with Crippen molar-refractivity contribution in [3.63, 3.8) is 0 Å². The van der Waals surface area contributed by atoms with Crippen molar-refractivity contribution in [2.75, 3.05) is 5.32 Å². The minimum atomic E-state index is -0.217. The number of hydrogen-bond acceptors (Lipinski definition) is 3. The lowest BCUT2D eigenvalue weighted by atomic mass is 9.87. The Kier molecular flexibility index (Phi) is 3.20. The number of rotatable bonds is 2. The van der Waals surface area contributed by atoms with E-state index in [0.29, 0.717) is 6.04 Å². The third kappa shape index (κ3) is 2.48. The number of anilines is 1. The molecule has 1 fully saturated rings. The second kappa shape index (κ2) is 4.84. The molecule has 1 heterocycles. The molecule has 4 heteroatoms. The molecule has 0 spiro atoms. The van der Waals surface area contributed by atoms with Crippen molar-refractivity contribution in [3.05, 3.63) is 24.0 Å². The molecular formula is C14H17FN2S. The molecule has 0 amide bonds. The minimum absolute atomic E-state index is 0.217. The zero-order chi connectivity index (χ0) is 12.5. The lowest BCUT2D eigenvalue weighted by Crippen LogP contribution is -2.24. The van der Waals surface area contributed by atoms with Crippen LogP contribution in [0, 0.1) is 11.7 Å². The van der Waals surface area contributed by atoms with Crippen molar-refractivity contribution in [3.8, 4) is 0 Å². The molecule has 1 saturated carbocycles. The van der Waals surface area contributed by atoms with Crippen LogP contribution in [0.5, 0.6) is 0 Å². The van der Waals surface area contributed by atoms with Crippen molar-refractivity contribution in [1.82, 2.24) is 4.98 Å². The van der Waals surface area contributed by atoms with Crippen LogP contribution in [0.1, 0.15) is 32.6 Å². The first kappa shape index (κ1) is 11.9. The van der Waals surface area contributed by atoms with Gasteiger partial charge in [-0.05, 0) is 43.7 Å². The Balaban J connectivity index is 1.74. The first-order valence-corrected chi connectivity index (χ1v) is 7.35. The Labute approximate surface area is 110 Å². The van der Waals surface area contributed by atoms with E-state index in [4.69, 9.17) is 0 Å². The van der Waals surface area contributed by atoms with Crippen LogP contribution in [-0.4, -0.2) is 11.0 Å². The second-order valence-electron chi connectivity index (χ2n) is 5.23. The van der Waals surface area contributed by atoms with Gasteiger partial charge in [0.2, 0.25) is 0 Å². The molecule has 96 valence electrons. The molecule has 2 nitrogen and oxygen atoms in total. The monoisotopic (exact) mass is 264 g/mol. The summed E-state index contributed by atoms with van der Waals surface area (Å²) in [5, 5.41) is 4.42. The van der Waals surface area contributed by atoms with Crippen LogP contribution in [0.15, 0.2) is 18.2 Å². The van der Waals surface area contributed by atoms with Gasteiger partial charge in [0.25, 0.3) is 0 Å². The summed E-state index contributed by atoms with van der Waals surface area (Å²) in [6.45, 7) is 2.32. The smallest absolute Gasteiger partial charge is 0.184 e. The van der Waals surface area contributed by atoms with E-state index in [1.807, 2.05) is 0 Å². The highest BCUT2D eigenvalue weighted by Gasteiger charge is 2.19. The predicted molar refractivity (Wildman–Crippen MR) is 74.6 cm³/mol. The van der Waals surface area contributed by atoms with Crippen molar-refractivity contribution in [2.45, 2.75) is 38.6 Å². The van der Waals surface area contributed by atoms with E-state index in [1.54, 1.807) is 17.4 Å². The second-order valence-corrected chi connectivity index (χ2v) is 6.26. The van der Waals surface area contributed by atoms with Gasteiger partial charge in [0.15, 0.2) is 5.13 Å². The van der Waals surface area contributed by atoms with Gasteiger partial charge in [-0.3, -0.25) is 0 Å². The van der Waals surface area contributed by atoms with Crippen LogP contribution in [0.4, 0.5) is 9.52 Å². The Bertz CT molecular complexity index is 544. The molecule has 0 radical (unpaired) electrons. The summed E-state index contributed by atoms with van der Waals surface area (Å²) in [6.07, 6.45) is 5.01. The zero-order valence-corrected chi connectivity index (χ0v) is 11.3. The number of benzene rings is 1. The number of nitrogens with zero attached hydrogens (tertiary/aromatic N) is 1. The molecule has 1 aliphatic rings. The van der Waals surface area contributed by atoms with Crippen molar-refractivity contribution >= 4 is 26.7 Å². The largest absolute Gasteiger partial charge is 0.359 e. The number of thiazole rings is 1. The molecule has 18 heavy (non-hydrogen) atoms. The lowest BCUT2D eigenvalue weighted by molar-refractivity contribution is 0.361.